The van der Waals surface area contributed by atoms with Gasteiger partial charge < -0.3 is 14.8 Å². The highest BCUT2D eigenvalue weighted by Crippen LogP contribution is 2.41. The summed E-state index contributed by atoms with van der Waals surface area (Å²) in [6.45, 7) is 10.4. The number of ether oxygens (including phenoxy) is 2. The van der Waals surface area contributed by atoms with Crippen molar-refractivity contribution in [2.45, 2.75) is 58.6 Å². The summed E-state index contributed by atoms with van der Waals surface area (Å²) >= 11 is 0. The van der Waals surface area contributed by atoms with Gasteiger partial charge in [0.15, 0.2) is 0 Å². The van der Waals surface area contributed by atoms with Crippen LogP contribution in [0.25, 0.3) is 0 Å². The quantitative estimate of drug-likeness (QED) is 0.850. The van der Waals surface area contributed by atoms with Crippen LogP contribution in [-0.4, -0.2) is 18.8 Å². The number of hydrogen-bond acceptors (Lipinski definition) is 3. The summed E-state index contributed by atoms with van der Waals surface area (Å²) in [4.78, 5) is 0. The second-order valence-corrected chi connectivity index (χ2v) is 6.12. The Bertz CT molecular complexity index is 443. The van der Waals surface area contributed by atoms with Gasteiger partial charge >= 0.3 is 0 Å². The summed E-state index contributed by atoms with van der Waals surface area (Å²) in [5.74, 6) is 1.93. The van der Waals surface area contributed by atoms with Crippen LogP contribution in [0.3, 0.4) is 0 Å². The molecule has 2 rings (SSSR count). The van der Waals surface area contributed by atoms with Crippen LogP contribution in [0.1, 0.15) is 58.6 Å². The van der Waals surface area contributed by atoms with Crippen molar-refractivity contribution < 1.29 is 9.47 Å². The summed E-state index contributed by atoms with van der Waals surface area (Å²) in [5.41, 5.74) is 1.11. The summed E-state index contributed by atoms with van der Waals surface area (Å²) in [6, 6.07) is 6.53. The van der Waals surface area contributed by atoms with E-state index >= 15 is 0 Å². The van der Waals surface area contributed by atoms with Gasteiger partial charge in [0.1, 0.15) is 17.1 Å². The van der Waals surface area contributed by atoms with Crippen molar-refractivity contribution in [3.8, 4) is 11.5 Å². The van der Waals surface area contributed by atoms with Crippen LogP contribution >= 0.6 is 0 Å². The van der Waals surface area contributed by atoms with Crippen molar-refractivity contribution >= 4 is 0 Å². The monoisotopic (exact) mass is 277 g/mol. The first-order valence-corrected chi connectivity index (χ1v) is 7.75. The zero-order valence-electron chi connectivity index (χ0n) is 13.2. The SMILES string of the molecule is CCCNC1CC(C)(C)Oc2ccc(OCCC)cc21. The fourth-order valence-corrected chi connectivity index (χ4v) is 2.64. The van der Waals surface area contributed by atoms with E-state index in [1.807, 2.05) is 12.1 Å². The van der Waals surface area contributed by atoms with E-state index in [2.05, 4.69) is 39.1 Å². The zero-order valence-corrected chi connectivity index (χ0v) is 13.2. The molecule has 1 aromatic rings. The van der Waals surface area contributed by atoms with Gasteiger partial charge in [-0.2, -0.15) is 0 Å². The molecule has 0 aromatic heterocycles. The highest BCUT2D eigenvalue weighted by Gasteiger charge is 2.33. The first-order chi connectivity index (χ1) is 9.55. The van der Waals surface area contributed by atoms with Crippen LogP contribution in [-0.2, 0) is 0 Å². The Balaban J connectivity index is 2.23. The average molecular weight is 277 g/mol. The van der Waals surface area contributed by atoms with Crippen molar-refractivity contribution in [3.63, 3.8) is 0 Å². The van der Waals surface area contributed by atoms with Crippen LogP contribution in [0.5, 0.6) is 11.5 Å². The maximum atomic E-state index is 6.09. The molecule has 0 amide bonds. The predicted octanol–water partition coefficient (Wildman–Crippen LogP) is 4.08. The van der Waals surface area contributed by atoms with Gasteiger partial charge in [-0.05, 0) is 51.4 Å². The molecule has 0 bridgehead atoms. The molecular weight excluding hydrogens is 250 g/mol. The molecular formula is C17H27NO2. The molecule has 112 valence electrons. The Morgan fingerprint density at radius 1 is 1.30 bits per heavy atom. The minimum Gasteiger partial charge on any atom is -0.494 e. The molecule has 1 heterocycles. The van der Waals surface area contributed by atoms with Crippen LogP contribution in [0, 0.1) is 0 Å². The lowest BCUT2D eigenvalue weighted by Crippen LogP contribution is -2.39. The zero-order chi connectivity index (χ0) is 14.6. The van der Waals surface area contributed by atoms with Crippen LogP contribution < -0.4 is 14.8 Å². The van der Waals surface area contributed by atoms with Crippen molar-refractivity contribution in [1.29, 1.82) is 0 Å². The molecule has 1 atom stereocenters. The van der Waals surface area contributed by atoms with Gasteiger partial charge in [0.2, 0.25) is 0 Å². The van der Waals surface area contributed by atoms with Crippen LogP contribution in [0.4, 0.5) is 0 Å². The third kappa shape index (κ3) is 3.66. The Kier molecular flexibility index (Phi) is 4.92. The molecule has 1 N–H and O–H groups in total. The molecule has 0 saturated carbocycles. The van der Waals surface area contributed by atoms with Crippen molar-refractivity contribution in [1.82, 2.24) is 5.32 Å². The highest BCUT2D eigenvalue weighted by molar-refractivity contribution is 5.44. The first kappa shape index (κ1) is 15.2. The van der Waals surface area contributed by atoms with Gasteiger partial charge in [-0.3, -0.25) is 0 Å². The number of nitrogens with one attached hydrogen (secondary N) is 1. The summed E-state index contributed by atoms with van der Waals surface area (Å²) in [5, 5.41) is 3.63. The molecule has 3 nitrogen and oxygen atoms in total. The second-order valence-electron chi connectivity index (χ2n) is 6.12. The number of hydrogen-bond donors (Lipinski definition) is 1. The van der Waals surface area contributed by atoms with E-state index in [1.54, 1.807) is 0 Å². The topological polar surface area (TPSA) is 30.5 Å². The van der Waals surface area contributed by atoms with Gasteiger partial charge in [-0.25, -0.2) is 0 Å². The van der Waals surface area contributed by atoms with Crippen molar-refractivity contribution in [3.05, 3.63) is 23.8 Å². The van der Waals surface area contributed by atoms with E-state index in [1.165, 1.54) is 5.56 Å². The maximum absolute atomic E-state index is 6.09. The molecule has 0 spiro atoms. The van der Waals surface area contributed by atoms with Gasteiger partial charge in [0, 0.05) is 18.0 Å². The largest absolute Gasteiger partial charge is 0.494 e. The lowest BCUT2D eigenvalue weighted by atomic mass is 9.89. The molecule has 1 aliphatic rings. The van der Waals surface area contributed by atoms with Gasteiger partial charge in [0.05, 0.1) is 6.61 Å². The maximum Gasteiger partial charge on any atom is 0.125 e. The van der Waals surface area contributed by atoms with E-state index in [4.69, 9.17) is 9.47 Å². The third-order valence-corrected chi connectivity index (χ3v) is 3.55. The molecule has 20 heavy (non-hydrogen) atoms. The summed E-state index contributed by atoms with van der Waals surface area (Å²) in [7, 11) is 0. The molecule has 1 unspecified atom stereocenters. The van der Waals surface area contributed by atoms with Gasteiger partial charge in [-0.15, -0.1) is 0 Å². The molecule has 0 radical (unpaired) electrons. The normalized spacial score (nSPS) is 20.1. The van der Waals surface area contributed by atoms with E-state index < -0.39 is 0 Å². The summed E-state index contributed by atoms with van der Waals surface area (Å²) in [6.07, 6.45) is 3.15. The molecule has 3 heteroatoms. The van der Waals surface area contributed by atoms with E-state index in [0.717, 1.165) is 43.9 Å². The minimum atomic E-state index is -0.121. The minimum absolute atomic E-state index is 0.121. The smallest absolute Gasteiger partial charge is 0.125 e. The number of rotatable bonds is 6. The average Bonchev–Trinajstić information content (AvgIpc) is 2.41. The van der Waals surface area contributed by atoms with E-state index in [-0.39, 0.29) is 5.60 Å². The van der Waals surface area contributed by atoms with Crippen molar-refractivity contribution in [2.24, 2.45) is 0 Å². The molecule has 1 aliphatic heterocycles. The lowest BCUT2D eigenvalue weighted by molar-refractivity contribution is 0.0659. The first-order valence-electron chi connectivity index (χ1n) is 7.75. The Morgan fingerprint density at radius 3 is 2.80 bits per heavy atom. The molecule has 0 fully saturated rings. The second kappa shape index (κ2) is 6.49. The van der Waals surface area contributed by atoms with E-state index in [9.17, 15) is 0 Å². The molecule has 0 aliphatic carbocycles. The standard InChI is InChI=1S/C17H27NO2/c1-5-9-18-15-12-17(3,4)20-16-8-7-13(11-14(15)16)19-10-6-2/h7-8,11,15,18H,5-6,9-10,12H2,1-4H3. The third-order valence-electron chi connectivity index (χ3n) is 3.55. The van der Waals surface area contributed by atoms with Gasteiger partial charge in [0.25, 0.3) is 0 Å². The number of fused-ring (bicyclic) bond motifs is 1. The van der Waals surface area contributed by atoms with Crippen molar-refractivity contribution in [2.75, 3.05) is 13.2 Å². The lowest BCUT2D eigenvalue weighted by Gasteiger charge is -2.38. The fraction of sp³-hybridized carbons (Fsp3) is 0.647. The molecule has 0 saturated heterocycles. The Hall–Kier alpha value is -1.22. The molecule has 1 aromatic carbocycles. The Morgan fingerprint density at radius 2 is 2.10 bits per heavy atom. The van der Waals surface area contributed by atoms with Gasteiger partial charge in [-0.1, -0.05) is 13.8 Å². The summed E-state index contributed by atoms with van der Waals surface area (Å²) < 4.78 is 11.8. The fourth-order valence-electron chi connectivity index (χ4n) is 2.64. The highest BCUT2D eigenvalue weighted by atomic mass is 16.5. The number of benzene rings is 1. The van der Waals surface area contributed by atoms with Crippen LogP contribution in [0.15, 0.2) is 18.2 Å². The van der Waals surface area contributed by atoms with E-state index in [0.29, 0.717) is 6.04 Å². The Labute approximate surface area is 122 Å². The van der Waals surface area contributed by atoms with Crippen LogP contribution in [0.2, 0.25) is 0 Å². The predicted molar refractivity (Wildman–Crippen MR) is 82.6 cm³/mol.